The van der Waals surface area contributed by atoms with E-state index in [1.54, 1.807) is 11.9 Å². The van der Waals surface area contributed by atoms with Gasteiger partial charge in [0, 0.05) is 45.7 Å². The van der Waals surface area contributed by atoms with Crippen LogP contribution in [0.2, 0.25) is 0 Å². The second kappa shape index (κ2) is 6.85. The third-order valence-corrected chi connectivity index (χ3v) is 4.20. The van der Waals surface area contributed by atoms with E-state index in [4.69, 9.17) is 9.47 Å². The number of amides is 1. The van der Waals surface area contributed by atoms with E-state index in [1.807, 2.05) is 6.92 Å². The Morgan fingerprint density at radius 1 is 1.35 bits per heavy atom. The minimum absolute atomic E-state index is 0.0494. The topological polar surface area (TPSA) is 71.0 Å². The highest BCUT2D eigenvalue weighted by Crippen LogP contribution is 2.23. The van der Waals surface area contributed by atoms with Gasteiger partial charge in [0.1, 0.15) is 0 Å². The number of likely N-dealkylation sites (N-methyl/N-ethyl adjacent to an activating group) is 2. The molecule has 6 heteroatoms. The summed E-state index contributed by atoms with van der Waals surface area (Å²) in [5, 5.41) is 13.8. The van der Waals surface area contributed by atoms with Gasteiger partial charge < -0.3 is 24.8 Å². The molecule has 2 aliphatic heterocycles. The zero-order valence-electron chi connectivity index (χ0n) is 12.4. The molecule has 2 saturated heterocycles. The predicted octanol–water partition coefficient (Wildman–Crippen LogP) is -0.389. The maximum absolute atomic E-state index is 12.5. The molecule has 6 nitrogen and oxygen atoms in total. The fraction of sp³-hybridized carbons (Fsp3) is 0.929. The van der Waals surface area contributed by atoms with Crippen LogP contribution >= 0.6 is 0 Å². The molecule has 116 valence electrons. The van der Waals surface area contributed by atoms with Gasteiger partial charge in [0.25, 0.3) is 0 Å². The van der Waals surface area contributed by atoms with Crippen LogP contribution in [0.4, 0.5) is 0 Å². The van der Waals surface area contributed by atoms with Gasteiger partial charge in [-0.1, -0.05) is 6.92 Å². The number of hydrogen-bond acceptors (Lipinski definition) is 5. The molecule has 0 bridgehead atoms. The van der Waals surface area contributed by atoms with Gasteiger partial charge in [0.05, 0.1) is 24.7 Å². The van der Waals surface area contributed by atoms with Crippen molar-refractivity contribution in [2.75, 3.05) is 46.6 Å². The van der Waals surface area contributed by atoms with Gasteiger partial charge in [-0.3, -0.25) is 4.79 Å². The second-order valence-electron chi connectivity index (χ2n) is 5.84. The van der Waals surface area contributed by atoms with Crippen molar-refractivity contribution in [3.8, 4) is 0 Å². The zero-order chi connectivity index (χ0) is 14.6. The third kappa shape index (κ3) is 3.69. The number of nitrogens with zero attached hydrogens (tertiary/aromatic N) is 1. The van der Waals surface area contributed by atoms with Crippen molar-refractivity contribution in [3.05, 3.63) is 0 Å². The maximum atomic E-state index is 12.5. The van der Waals surface area contributed by atoms with E-state index < -0.39 is 5.60 Å². The van der Waals surface area contributed by atoms with E-state index in [-0.39, 0.29) is 17.9 Å². The van der Waals surface area contributed by atoms with Gasteiger partial charge in [-0.15, -0.1) is 0 Å². The van der Waals surface area contributed by atoms with Crippen molar-refractivity contribution in [3.63, 3.8) is 0 Å². The lowest BCUT2D eigenvalue weighted by Gasteiger charge is -2.36. The number of carbonyl (C=O) groups excluding carboxylic acids is 1. The lowest BCUT2D eigenvalue weighted by atomic mass is 9.93. The highest BCUT2D eigenvalue weighted by molar-refractivity contribution is 5.80. The molecule has 2 N–H and O–H groups in total. The van der Waals surface area contributed by atoms with Crippen LogP contribution in [0.3, 0.4) is 0 Å². The van der Waals surface area contributed by atoms with Crippen LogP contribution in [0.1, 0.15) is 19.8 Å². The van der Waals surface area contributed by atoms with Gasteiger partial charge in [0.15, 0.2) is 0 Å². The molecule has 0 spiro atoms. The quantitative estimate of drug-likeness (QED) is 0.720. The molecule has 0 aromatic heterocycles. The Morgan fingerprint density at radius 2 is 2.05 bits per heavy atom. The van der Waals surface area contributed by atoms with Gasteiger partial charge in [-0.25, -0.2) is 0 Å². The summed E-state index contributed by atoms with van der Waals surface area (Å²) in [5.74, 6) is -0.100. The van der Waals surface area contributed by atoms with Crippen molar-refractivity contribution in [1.29, 1.82) is 0 Å². The van der Waals surface area contributed by atoms with Crippen LogP contribution in [-0.2, 0) is 14.3 Å². The summed E-state index contributed by atoms with van der Waals surface area (Å²) < 4.78 is 10.7. The number of ether oxygens (including phenoxy) is 2. The highest BCUT2D eigenvalue weighted by Gasteiger charge is 2.38. The first-order chi connectivity index (χ1) is 9.56. The molecule has 2 rings (SSSR count). The summed E-state index contributed by atoms with van der Waals surface area (Å²) in [4.78, 5) is 14.2. The van der Waals surface area contributed by atoms with Crippen LogP contribution < -0.4 is 5.32 Å². The molecular weight excluding hydrogens is 260 g/mol. The summed E-state index contributed by atoms with van der Waals surface area (Å²) in [6.07, 6.45) is 1.17. The normalized spacial score (nSPS) is 29.4. The number of hydrogen-bond donors (Lipinski definition) is 2. The lowest BCUT2D eigenvalue weighted by Crippen LogP contribution is -2.51. The van der Waals surface area contributed by atoms with E-state index in [2.05, 4.69) is 5.32 Å². The van der Waals surface area contributed by atoms with Crippen molar-refractivity contribution in [2.24, 2.45) is 5.92 Å². The fourth-order valence-corrected chi connectivity index (χ4v) is 2.97. The van der Waals surface area contributed by atoms with Crippen molar-refractivity contribution >= 4 is 5.91 Å². The van der Waals surface area contributed by atoms with Crippen LogP contribution in [0.15, 0.2) is 0 Å². The number of aliphatic hydroxyl groups is 1. The van der Waals surface area contributed by atoms with Crippen LogP contribution in [0.5, 0.6) is 0 Å². The monoisotopic (exact) mass is 286 g/mol. The van der Waals surface area contributed by atoms with Gasteiger partial charge in [0.2, 0.25) is 5.91 Å². The highest BCUT2D eigenvalue weighted by atomic mass is 16.5. The molecule has 2 fully saturated rings. The summed E-state index contributed by atoms with van der Waals surface area (Å²) in [7, 11) is 1.76. The first-order valence-electron chi connectivity index (χ1n) is 7.42. The molecule has 2 atom stereocenters. The molecule has 2 unspecified atom stereocenters. The van der Waals surface area contributed by atoms with Crippen LogP contribution in [0.25, 0.3) is 0 Å². The minimum atomic E-state index is -0.810. The first-order valence-corrected chi connectivity index (χ1v) is 7.42. The molecule has 2 aliphatic rings. The zero-order valence-corrected chi connectivity index (χ0v) is 12.4. The summed E-state index contributed by atoms with van der Waals surface area (Å²) in [6, 6.07) is 0.0827. The Bertz CT molecular complexity index is 331. The second-order valence-corrected chi connectivity index (χ2v) is 5.84. The van der Waals surface area contributed by atoms with E-state index in [9.17, 15) is 9.90 Å². The number of carbonyl (C=O) groups is 1. The molecule has 0 aliphatic carbocycles. The largest absolute Gasteiger partial charge is 0.388 e. The van der Waals surface area contributed by atoms with E-state index in [1.165, 1.54) is 0 Å². The van der Waals surface area contributed by atoms with Gasteiger partial charge in [-0.2, -0.15) is 0 Å². The Labute approximate surface area is 120 Å². The number of rotatable bonds is 5. The molecule has 0 saturated carbocycles. The van der Waals surface area contributed by atoms with Crippen molar-refractivity contribution in [2.45, 2.75) is 31.4 Å². The average molecular weight is 286 g/mol. The smallest absolute Gasteiger partial charge is 0.229 e. The molecule has 0 radical (unpaired) electrons. The van der Waals surface area contributed by atoms with Crippen LogP contribution in [-0.4, -0.2) is 74.1 Å². The Hall–Kier alpha value is -0.690. The molecular formula is C14H26N2O4. The standard InChI is InChI=1S/C14H26N2O4/c1-3-15-12-9-20-8-11(12)13(17)16(2)10-14(18)4-6-19-7-5-14/h11-12,15,18H,3-10H2,1-2H3. The molecule has 20 heavy (non-hydrogen) atoms. The van der Waals surface area contributed by atoms with Crippen molar-refractivity contribution in [1.82, 2.24) is 10.2 Å². The molecule has 0 aromatic rings. The van der Waals surface area contributed by atoms with E-state index in [0.29, 0.717) is 45.8 Å². The van der Waals surface area contributed by atoms with Crippen molar-refractivity contribution < 1.29 is 19.4 Å². The summed E-state index contributed by atoms with van der Waals surface area (Å²) in [6.45, 7) is 5.37. The molecule has 0 aromatic carbocycles. The lowest BCUT2D eigenvalue weighted by molar-refractivity contribution is -0.141. The SMILES string of the molecule is CCNC1COCC1C(=O)N(C)CC1(O)CCOCC1. The summed E-state index contributed by atoms with van der Waals surface area (Å²) >= 11 is 0. The van der Waals surface area contributed by atoms with E-state index in [0.717, 1.165) is 6.54 Å². The summed E-state index contributed by atoms with van der Waals surface area (Å²) in [5.41, 5.74) is -0.810. The minimum Gasteiger partial charge on any atom is -0.388 e. The van der Waals surface area contributed by atoms with Crippen LogP contribution in [0, 0.1) is 5.92 Å². The Balaban J connectivity index is 1.90. The third-order valence-electron chi connectivity index (χ3n) is 4.20. The maximum Gasteiger partial charge on any atom is 0.229 e. The van der Waals surface area contributed by atoms with E-state index >= 15 is 0 Å². The van der Waals surface area contributed by atoms with Gasteiger partial charge >= 0.3 is 0 Å². The fourth-order valence-electron chi connectivity index (χ4n) is 2.97. The first kappa shape index (κ1) is 15.7. The van der Waals surface area contributed by atoms with Gasteiger partial charge in [-0.05, 0) is 6.54 Å². The Morgan fingerprint density at radius 3 is 2.70 bits per heavy atom. The average Bonchev–Trinajstić information content (AvgIpc) is 2.87. The Kier molecular flexibility index (Phi) is 5.37. The molecule has 2 heterocycles. The number of nitrogens with one attached hydrogen (secondary N) is 1. The predicted molar refractivity (Wildman–Crippen MR) is 74.4 cm³/mol. The molecule has 1 amide bonds.